The molecule has 118 valence electrons. The molecule has 0 amide bonds. The third-order valence-corrected chi connectivity index (χ3v) is 5.79. The summed E-state index contributed by atoms with van der Waals surface area (Å²) in [5.74, 6) is 0. The van der Waals surface area contributed by atoms with Gasteiger partial charge in [-0.05, 0) is 35.4 Å². The fraction of sp³-hybridized carbons (Fsp3) is 0. The smallest absolute Gasteiger partial charge is 0.241 e. The van der Waals surface area contributed by atoms with E-state index in [-0.39, 0.29) is 4.90 Å². The van der Waals surface area contributed by atoms with Gasteiger partial charge in [0.05, 0.1) is 10.4 Å². The van der Waals surface area contributed by atoms with Gasteiger partial charge >= 0.3 is 0 Å². The Kier molecular flexibility index (Phi) is 3.47. The number of benzene rings is 3. The van der Waals surface area contributed by atoms with Gasteiger partial charge in [-0.25, -0.2) is 12.4 Å². The zero-order valence-corrected chi connectivity index (χ0v) is 13.6. The topological polar surface area (TPSA) is 39.1 Å². The summed E-state index contributed by atoms with van der Waals surface area (Å²) in [5.41, 5.74) is 2.77. The van der Waals surface area contributed by atoms with Crippen LogP contribution in [0.1, 0.15) is 0 Å². The number of hydrogen-bond acceptors (Lipinski definition) is 2. The van der Waals surface area contributed by atoms with Crippen molar-refractivity contribution in [2.75, 3.05) is 0 Å². The molecule has 0 aliphatic carbocycles. The van der Waals surface area contributed by atoms with Crippen LogP contribution in [0.4, 0.5) is 0 Å². The fourth-order valence-electron chi connectivity index (χ4n) is 2.93. The van der Waals surface area contributed by atoms with Crippen LogP contribution in [-0.4, -0.2) is 12.4 Å². The van der Waals surface area contributed by atoms with E-state index in [9.17, 15) is 8.42 Å². The largest absolute Gasteiger partial charge is 0.268 e. The molecule has 3 aromatic carbocycles. The molecule has 0 saturated heterocycles. The summed E-state index contributed by atoms with van der Waals surface area (Å²) in [4.78, 5) is 0.285. The highest BCUT2D eigenvalue weighted by Gasteiger charge is 2.19. The van der Waals surface area contributed by atoms with Crippen LogP contribution in [0.2, 0.25) is 0 Å². The molecule has 0 N–H and O–H groups in total. The predicted octanol–water partition coefficient (Wildman–Crippen LogP) is 4.55. The Balaban J connectivity index is 1.94. The van der Waals surface area contributed by atoms with E-state index in [2.05, 4.69) is 0 Å². The first-order valence-corrected chi connectivity index (χ1v) is 9.08. The zero-order valence-electron chi connectivity index (χ0n) is 12.8. The van der Waals surface area contributed by atoms with Gasteiger partial charge in [-0.3, -0.25) is 0 Å². The molecule has 0 saturated carbocycles. The number of hydrogen-bond donors (Lipinski definition) is 0. The minimum absolute atomic E-state index is 0.285. The van der Waals surface area contributed by atoms with Crippen molar-refractivity contribution in [2.24, 2.45) is 0 Å². The maximum atomic E-state index is 12.9. The van der Waals surface area contributed by atoms with Crippen LogP contribution < -0.4 is 0 Å². The summed E-state index contributed by atoms with van der Waals surface area (Å²) < 4.78 is 27.2. The molecule has 0 fully saturated rings. The van der Waals surface area contributed by atoms with Crippen LogP contribution in [0.15, 0.2) is 96.0 Å². The van der Waals surface area contributed by atoms with Gasteiger partial charge < -0.3 is 0 Å². The summed E-state index contributed by atoms with van der Waals surface area (Å²) in [6.45, 7) is 0. The third kappa shape index (κ3) is 2.32. The molecule has 1 aromatic heterocycles. The summed E-state index contributed by atoms with van der Waals surface area (Å²) in [6.07, 6.45) is 1.62. The molecule has 3 nitrogen and oxygen atoms in total. The summed E-state index contributed by atoms with van der Waals surface area (Å²) in [7, 11) is -3.60. The highest BCUT2D eigenvalue weighted by molar-refractivity contribution is 7.90. The second kappa shape index (κ2) is 5.65. The van der Waals surface area contributed by atoms with Crippen molar-refractivity contribution in [3.05, 3.63) is 91.1 Å². The highest BCUT2D eigenvalue weighted by atomic mass is 32.2. The van der Waals surface area contributed by atoms with Gasteiger partial charge in [0.2, 0.25) is 0 Å². The van der Waals surface area contributed by atoms with Gasteiger partial charge in [-0.2, -0.15) is 0 Å². The molecule has 0 aliphatic rings. The molecular formula is C20H15NO2S. The van der Waals surface area contributed by atoms with Gasteiger partial charge in [0.1, 0.15) is 0 Å². The minimum atomic E-state index is -3.60. The Bertz CT molecular complexity index is 1100. The minimum Gasteiger partial charge on any atom is -0.241 e. The van der Waals surface area contributed by atoms with E-state index in [0.29, 0.717) is 5.52 Å². The van der Waals surface area contributed by atoms with Crippen molar-refractivity contribution in [3.63, 3.8) is 0 Å². The maximum absolute atomic E-state index is 12.9. The van der Waals surface area contributed by atoms with E-state index in [1.807, 2.05) is 54.6 Å². The SMILES string of the molecule is O=S(=O)(c1ccccc1)n1ccc2c(-c3ccccc3)cccc21. The molecular weight excluding hydrogens is 318 g/mol. The lowest BCUT2D eigenvalue weighted by atomic mass is 10.0. The Hall–Kier alpha value is -2.85. The molecule has 1 heterocycles. The van der Waals surface area contributed by atoms with E-state index < -0.39 is 10.0 Å². The van der Waals surface area contributed by atoms with Crippen molar-refractivity contribution in [3.8, 4) is 11.1 Å². The van der Waals surface area contributed by atoms with Crippen molar-refractivity contribution >= 4 is 20.9 Å². The van der Waals surface area contributed by atoms with Gasteiger partial charge in [-0.15, -0.1) is 0 Å². The molecule has 0 radical (unpaired) electrons. The molecule has 0 spiro atoms. The van der Waals surface area contributed by atoms with Gasteiger partial charge in [0, 0.05) is 11.6 Å². The molecule has 0 aliphatic heterocycles. The van der Waals surface area contributed by atoms with Gasteiger partial charge in [0.15, 0.2) is 0 Å². The molecule has 0 unspecified atom stereocenters. The van der Waals surface area contributed by atoms with E-state index in [1.165, 1.54) is 3.97 Å². The normalized spacial score (nSPS) is 11.7. The van der Waals surface area contributed by atoms with E-state index >= 15 is 0 Å². The lowest BCUT2D eigenvalue weighted by Crippen LogP contribution is -2.11. The van der Waals surface area contributed by atoms with Crippen LogP contribution in [0.5, 0.6) is 0 Å². The number of aromatic nitrogens is 1. The number of fused-ring (bicyclic) bond motifs is 1. The quantitative estimate of drug-likeness (QED) is 0.552. The van der Waals surface area contributed by atoms with Crippen LogP contribution in [0, 0.1) is 0 Å². The predicted molar refractivity (Wildman–Crippen MR) is 96.4 cm³/mol. The monoisotopic (exact) mass is 333 g/mol. The number of nitrogens with zero attached hydrogens (tertiary/aromatic N) is 1. The van der Waals surface area contributed by atoms with E-state index in [0.717, 1.165) is 16.5 Å². The van der Waals surface area contributed by atoms with Crippen LogP contribution in [0.3, 0.4) is 0 Å². The molecule has 4 heteroatoms. The average molecular weight is 333 g/mol. The molecule has 24 heavy (non-hydrogen) atoms. The Morgan fingerprint density at radius 1 is 0.667 bits per heavy atom. The molecule has 4 rings (SSSR count). The van der Waals surface area contributed by atoms with Gasteiger partial charge in [0.25, 0.3) is 10.0 Å². The Labute approximate surface area is 140 Å². The van der Waals surface area contributed by atoms with Crippen molar-refractivity contribution in [2.45, 2.75) is 4.90 Å². The Morgan fingerprint density at radius 3 is 2.04 bits per heavy atom. The Morgan fingerprint density at radius 2 is 1.33 bits per heavy atom. The van der Waals surface area contributed by atoms with Crippen LogP contribution >= 0.6 is 0 Å². The first-order chi connectivity index (χ1) is 11.7. The van der Waals surface area contributed by atoms with Crippen LogP contribution in [-0.2, 0) is 10.0 Å². The lowest BCUT2D eigenvalue weighted by Gasteiger charge is -2.09. The average Bonchev–Trinajstić information content (AvgIpc) is 3.08. The fourth-order valence-corrected chi connectivity index (χ4v) is 4.30. The van der Waals surface area contributed by atoms with Crippen LogP contribution in [0.25, 0.3) is 22.0 Å². The van der Waals surface area contributed by atoms with Crippen molar-refractivity contribution < 1.29 is 8.42 Å². The summed E-state index contributed by atoms with van der Waals surface area (Å²) in [6, 6.07) is 26.1. The maximum Gasteiger partial charge on any atom is 0.268 e. The van der Waals surface area contributed by atoms with E-state index in [4.69, 9.17) is 0 Å². The molecule has 0 bridgehead atoms. The highest BCUT2D eigenvalue weighted by Crippen LogP contribution is 2.31. The second-order valence-corrected chi connectivity index (χ2v) is 7.35. The molecule has 4 aromatic rings. The first-order valence-electron chi connectivity index (χ1n) is 7.64. The first kappa shape index (κ1) is 14.7. The lowest BCUT2D eigenvalue weighted by molar-refractivity contribution is 0.589. The van der Waals surface area contributed by atoms with Gasteiger partial charge in [-0.1, -0.05) is 60.7 Å². The van der Waals surface area contributed by atoms with Crippen molar-refractivity contribution in [1.82, 2.24) is 3.97 Å². The summed E-state index contributed by atoms with van der Waals surface area (Å²) in [5, 5.41) is 0.920. The molecule has 0 atom stereocenters. The zero-order chi connectivity index (χ0) is 16.6. The number of rotatable bonds is 3. The third-order valence-electron chi connectivity index (χ3n) is 4.08. The van der Waals surface area contributed by atoms with Crippen molar-refractivity contribution in [1.29, 1.82) is 0 Å². The second-order valence-electron chi connectivity index (χ2n) is 5.53. The standard InChI is InChI=1S/C20H15NO2S/c22-24(23,17-10-5-2-6-11-17)21-15-14-19-18(12-7-13-20(19)21)16-8-3-1-4-9-16/h1-15H. The van der Waals surface area contributed by atoms with E-state index in [1.54, 1.807) is 36.5 Å². The summed E-state index contributed by atoms with van der Waals surface area (Å²) >= 11 is 0.